The molecule has 0 unspecified atom stereocenters. The van der Waals surface area contributed by atoms with E-state index in [9.17, 15) is 0 Å². The molecule has 0 spiro atoms. The highest BCUT2D eigenvalue weighted by Crippen LogP contribution is 2.23. The third kappa shape index (κ3) is 3.38. The third-order valence-corrected chi connectivity index (χ3v) is 3.40. The summed E-state index contributed by atoms with van der Waals surface area (Å²) in [7, 11) is 0. The van der Waals surface area contributed by atoms with Gasteiger partial charge in [0.15, 0.2) is 0 Å². The van der Waals surface area contributed by atoms with Gasteiger partial charge in [-0.05, 0) is 47.0 Å². The van der Waals surface area contributed by atoms with E-state index in [0.717, 1.165) is 11.3 Å². The Morgan fingerprint density at radius 1 is 0.682 bits per heavy atom. The van der Waals surface area contributed by atoms with Crippen molar-refractivity contribution >= 4 is 11.4 Å². The maximum atomic E-state index is 5.78. The van der Waals surface area contributed by atoms with Gasteiger partial charge < -0.3 is 16.2 Å². The lowest BCUT2D eigenvalue weighted by Crippen LogP contribution is -1.98. The van der Waals surface area contributed by atoms with Crippen LogP contribution in [0.3, 0.4) is 0 Å². The van der Waals surface area contributed by atoms with Crippen LogP contribution in [-0.4, -0.2) is 0 Å². The Labute approximate surface area is 130 Å². The molecule has 0 aromatic heterocycles. The third-order valence-electron chi connectivity index (χ3n) is 3.40. The fourth-order valence-corrected chi connectivity index (χ4v) is 2.37. The fourth-order valence-electron chi connectivity index (χ4n) is 2.37. The zero-order valence-electron chi connectivity index (χ0n) is 12.2. The molecule has 3 rings (SSSR count). The van der Waals surface area contributed by atoms with Gasteiger partial charge in [-0.3, -0.25) is 0 Å². The molecule has 0 bridgehead atoms. The number of nitrogens with two attached hydrogens (primary N) is 2. The molecule has 4 N–H and O–H groups in total. The topological polar surface area (TPSA) is 61.3 Å². The lowest BCUT2D eigenvalue weighted by Gasteiger charge is -2.09. The Balaban J connectivity index is 1.69. The van der Waals surface area contributed by atoms with Crippen LogP contribution in [0.4, 0.5) is 11.4 Å². The van der Waals surface area contributed by atoms with Gasteiger partial charge in [-0.2, -0.15) is 0 Å². The van der Waals surface area contributed by atoms with Crippen molar-refractivity contribution in [2.45, 2.75) is 6.61 Å². The Hall–Kier alpha value is -2.94. The molecule has 3 nitrogen and oxygen atoms in total. The first-order valence-electron chi connectivity index (χ1n) is 7.14. The summed E-state index contributed by atoms with van der Waals surface area (Å²) in [4.78, 5) is 0. The van der Waals surface area contributed by atoms with E-state index in [4.69, 9.17) is 16.2 Å². The summed E-state index contributed by atoms with van der Waals surface area (Å²) >= 11 is 0. The number of hydrogen-bond donors (Lipinski definition) is 2. The molecule has 0 amide bonds. The maximum Gasteiger partial charge on any atom is 0.119 e. The molecular weight excluding hydrogens is 272 g/mol. The first-order valence-corrected chi connectivity index (χ1v) is 7.14. The molecular formula is C19H18N2O. The van der Waals surface area contributed by atoms with Crippen LogP contribution in [0.25, 0.3) is 11.1 Å². The van der Waals surface area contributed by atoms with E-state index in [2.05, 4.69) is 24.3 Å². The molecule has 0 saturated carbocycles. The standard InChI is InChI=1S/C19H18N2O/c20-17-10-14(11-18(21)12-17)13-22-19-8-6-16(7-9-19)15-4-2-1-3-5-15/h1-12H,13,20-21H2. The van der Waals surface area contributed by atoms with Gasteiger partial charge in [0, 0.05) is 11.4 Å². The number of nitrogen functional groups attached to an aromatic ring is 2. The van der Waals surface area contributed by atoms with E-state index in [0.29, 0.717) is 18.0 Å². The predicted octanol–water partition coefficient (Wildman–Crippen LogP) is 4.10. The Bertz CT molecular complexity index is 732. The van der Waals surface area contributed by atoms with Crippen molar-refractivity contribution in [1.82, 2.24) is 0 Å². The van der Waals surface area contributed by atoms with Crippen LogP contribution >= 0.6 is 0 Å². The molecule has 0 aliphatic rings. The van der Waals surface area contributed by atoms with Crippen molar-refractivity contribution < 1.29 is 4.74 Å². The zero-order valence-corrected chi connectivity index (χ0v) is 12.2. The normalized spacial score (nSPS) is 10.4. The highest BCUT2D eigenvalue weighted by Gasteiger charge is 2.01. The fraction of sp³-hybridized carbons (Fsp3) is 0.0526. The summed E-state index contributed by atoms with van der Waals surface area (Å²) in [6.07, 6.45) is 0. The van der Waals surface area contributed by atoms with Crippen LogP contribution < -0.4 is 16.2 Å². The molecule has 0 aliphatic heterocycles. The van der Waals surface area contributed by atoms with E-state index < -0.39 is 0 Å². The molecule has 0 saturated heterocycles. The number of rotatable bonds is 4. The largest absolute Gasteiger partial charge is 0.489 e. The van der Waals surface area contributed by atoms with Crippen LogP contribution in [0, 0.1) is 0 Å². The lowest BCUT2D eigenvalue weighted by molar-refractivity contribution is 0.306. The zero-order chi connectivity index (χ0) is 15.4. The van der Waals surface area contributed by atoms with Crippen molar-refractivity contribution in [3.05, 3.63) is 78.4 Å². The van der Waals surface area contributed by atoms with E-state index in [1.165, 1.54) is 11.1 Å². The summed E-state index contributed by atoms with van der Waals surface area (Å²) in [6.45, 7) is 0.444. The smallest absolute Gasteiger partial charge is 0.119 e. The molecule has 0 fully saturated rings. The van der Waals surface area contributed by atoms with Gasteiger partial charge >= 0.3 is 0 Å². The summed E-state index contributed by atoms with van der Waals surface area (Å²) in [6, 6.07) is 23.8. The average Bonchev–Trinajstić information content (AvgIpc) is 2.53. The highest BCUT2D eigenvalue weighted by atomic mass is 16.5. The van der Waals surface area contributed by atoms with Crippen LogP contribution in [-0.2, 0) is 6.61 Å². The van der Waals surface area contributed by atoms with E-state index in [1.807, 2.05) is 42.5 Å². The van der Waals surface area contributed by atoms with Gasteiger partial charge in [-0.1, -0.05) is 42.5 Å². The molecule has 0 heterocycles. The van der Waals surface area contributed by atoms with Crippen LogP contribution in [0.15, 0.2) is 72.8 Å². The number of ether oxygens (including phenoxy) is 1. The Morgan fingerprint density at radius 3 is 1.91 bits per heavy atom. The van der Waals surface area contributed by atoms with Gasteiger partial charge in [0.25, 0.3) is 0 Å². The predicted molar refractivity (Wildman–Crippen MR) is 91.5 cm³/mol. The minimum absolute atomic E-state index is 0.444. The van der Waals surface area contributed by atoms with Gasteiger partial charge in [0.1, 0.15) is 12.4 Å². The lowest BCUT2D eigenvalue weighted by atomic mass is 10.1. The summed E-state index contributed by atoms with van der Waals surface area (Å²) < 4.78 is 5.78. The molecule has 3 aromatic carbocycles. The van der Waals surface area contributed by atoms with E-state index in [-0.39, 0.29) is 0 Å². The monoisotopic (exact) mass is 290 g/mol. The van der Waals surface area contributed by atoms with E-state index >= 15 is 0 Å². The SMILES string of the molecule is Nc1cc(N)cc(COc2ccc(-c3ccccc3)cc2)c1. The van der Waals surface area contributed by atoms with Crippen molar-refractivity contribution in [3.63, 3.8) is 0 Å². The maximum absolute atomic E-state index is 5.78. The van der Waals surface area contributed by atoms with Crippen LogP contribution in [0.1, 0.15) is 5.56 Å². The minimum Gasteiger partial charge on any atom is -0.489 e. The Morgan fingerprint density at radius 2 is 1.27 bits per heavy atom. The second-order valence-electron chi connectivity index (χ2n) is 5.19. The van der Waals surface area contributed by atoms with Crippen molar-refractivity contribution in [2.75, 3.05) is 11.5 Å². The number of anilines is 2. The molecule has 3 aromatic rings. The van der Waals surface area contributed by atoms with Crippen LogP contribution in [0.2, 0.25) is 0 Å². The molecule has 0 aliphatic carbocycles. The second-order valence-corrected chi connectivity index (χ2v) is 5.19. The Kier molecular flexibility index (Phi) is 3.97. The van der Waals surface area contributed by atoms with Crippen molar-refractivity contribution in [1.29, 1.82) is 0 Å². The molecule has 22 heavy (non-hydrogen) atoms. The van der Waals surface area contributed by atoms with Gasteiger partial charge in [0.05, 0.1) is 0 Å². The highest BCUT2D eigenvalue weighted by molar-refractivity contribution is 5.63. The molecule has 0 atom stereocenters. The van der Waals surface area contributed by atoms with Gasteiger partial charge in [-0.25, -0.2) is 0 Å². The molecule has 3 heteroatoms. The minimum atomic E-state index is 0.444. The van der Waals surface area contributed by atoms with Crippen molar-refractivity contribution in [3.8, 4) is 16.9 Å². The summed E-state index contributed by atoms with van der Waals surface area (Å²) in [5.41, 5.74) is 16.2. The summed E-state index contributed by atoms with van der Waals surface area (Å²) in [5, 5.41) is 0. The van der Waals surface area contributed by atoms with Gasteiger partial charge in [0.2, 0.25) is 0 Å². The first kappa shape index (κ1) is 14.0. The average molecular weight is 290 g/mol. The van der Waals surface area contributed by atoms with E-state index in [1.54, 1.807) is 6.07 Å². The number of hydrogen-bond acceptors (Lipinski definition) is 3. The van der Waals surface area contributed by atoms with Gasteiger partial charge in [-0.15, -0.1) is 0 Å². The second kappa shape index (κ2) is 6.22. The van der Waals surface area contributed by atoms with Crippen molar-refractivity contribution in [2.24, 2.45) is 0 Å². The number of benzene rings is 3. The molecule has 110 valence electrons. The quantitative estimate of drug-likeness (QED) is 0.711. The van der Waals surface area contributed by atoms with Crippen LogP contribution in [0.5, 0.6) is 5.75 Å². The molecule has 0 radical (unpaired) electrons. The first-order chi connectivity index (χ1) is 10.7. The summed E-state index contributed by atoms with van der Waals surface area (Å²) in [5.74, 6) is 0.820.